The van der Waals surface area contributed by atoms with Crippen molar-refractivity contribution in [2.45, 2.75) is 52.2 Å². The van der Waals surface area contributed by atoms with Crippen LogP contribution in [0.5, 0.6) is 6.08 Å². The zero-order valence-electron chi connectivity index (χ0n) is 12.4. The standard InChI is InChI=1S/C13H21N3O4/c1-9-14-11(20-15-9)18-10-5-7-16(8-6-10)12(17)19-13(2,3)4/h10H,5-8H2,1-4H3. The molecule has 1 aromatic heterocycles. The molecule has 0 N–H and O–H groups in total. The first-order valence-electron chi connectivity index (χ1n) is 6.78. The quantitative estimate of drug-likeness (QED) is 0.827. The largest absolute Gasteiger partial charge is 0.445 e. The van der Waals surface area contributed by atoms with Crippen molar-refractivity contribution in [2.24, 2.45) is 0 Å². The Morgan fingerprint density at radius 2 is 2.00 bits per heavy atom. The Kier molecular flexibility index (Phi) is 4.15. The first-order chi connectivity index (χ1) is 9.33. The SMILES string of the molecule is Cc1noc(OC2CCN(C(=O)OC(C)(C)C)CC2)n1. The maximum Gasteiger partial charge on any atom is 0.417 e. The third-order valence-corrected chi connectivity index (χ3v) is 2.87. The lowest BCUT2D eigenvalue weighted by atomic mass is 10.1. The molecule has 0 atom stereocenters. The number of ether oxygens (including phenoxy) is 2. The molecule has 112 valence electrons. The highest BCUT2D eigenvalue weighted by Gasteiger charge is 2.28. The topological polar surface area (TPSA) is 77.7 Å². The summed E-state index contributed by atoms with van der Waals surface area (Å²) in [6.07, 6.45) is 1.36. The average molecular weight is 283 g/mol. The average Bonchev–Trinajstić information content (AvgIpc) is 2.73. The number of hydrogen-bond acceptors (Lipinski definition) is 6. The van der Waals surface area contributed by atoms with E-state index in [1.807, 2.05) is 20.8 Å². The zero-order chi connectivity index (χ0) is 14.8. The second-order valence-corrected chi connectivity index (χ2v) is 5.89. The highest BCUT2D eigenvalue weighted by molar-refractivity contribution is 5.68. The van der Waals surface area contributed by atoms with Gasteiger partial charge in [-0.25, -0.2) is 4.79 Å². The summed E-state index contributed by atoms with van der Waals surface area (Å²) in [5, 5.41) is 3.67. The van der Waals surface area contributed by atoms with Crippen LogP contribution in [0.2, 0.25) is 0 Å². The van der Waals surface area contributed by atoms with Gasteiger partial charge < -0.3 is 14.4 Å². The molecule has 2 heterocycles. The van der Waals surface area contributed by atoms with E-state index in [1.54, 1.807) is 11.8 Å². The van der Waals surface area contributed by atoms with Crippen molar-refractivity contribution in [3.05, 3.63) is 5.82 Å². The summed E-state index contributed by atoms with van der Waals surface area (Å²) >= 11 is 0. The number of aryl methyl sites for hydroxylation is 1. The molecule has 0 spiro atoms. The van der Waals surface area contributed by atoms with Crippen LogP contribution < -0.4 is 4.74 Å². The van der Waals surface area contributed by atoms with Crippen molar-refractivity contribution in [3.8, 4) is 6.08 Å². The van der Waals surface area contributed by atoms with Crippen molar-refractivity contribution in [1.29, 1.82) is 0 Å². The summed E-state index contributed by atoms with van der Waals surface area (Å²) in [6, 6.07) is 0. The molecule has 0 bridgehead atoms. The first-order valence-corrected chi connectivity index (χ1v) is 6.78. The van der Waals surface area contributed by atoms with E-state index in [-0.39, 0.29) is 18.3 Å². The molecule has 0 aliphatic carbocycles. The molecule has 2 rings (SSSR count). The number of amides is 1. The van der Waals surface area contributed by atoms with Crippen LogP contribution in [-0.4, -0.2) is 45.9 Å². The van der Waals surface area contributed by atoms with E-state index < -0.39 is 5.60 Å². The Morgan fingerprint density at radius 1 is 1.35 bits per heavy atom. The number of rotatable bonds is 2. The van der Waals surface area contributed by atoms with Gasteiger partial charge in [0, 0.05) is 25.9 Å². The first kappa shape index (κ1) is 14.6. The van der Waals surface area contributed by atoms with Crippen LogP contribution in [-0.2, 0) is 4.74 Å². The minimum Gasteiger partial charge on any atom is -0.445 e. The minimum absolute atomic E-state index is 0.00598. The Labute approximate surface area is 118 Å². The number of carbonyl (C=O) groups excluding carboxylic acids is 1. The molecule has 0 saturated carbocycles. The van der Waals surface area contributed by atoms with Crippen LogP contribution in [0.3, 0.4) is 0 Å². The molecule has 7 nitrogen and oxygen atoms in total. The number of carbonyl (C=O) groups is 1. The second kappa shape index (κ2) is 5.68. The Bertz CT molecular complexity index is 458. The molecule has 0 aromatic carbocycles. The molecule has 1 fully saturated rings. The van der Waals surface area contributed by atoms with Gasteiger partial charge in [-0.1, -0.05) is 5.16 Å². The third-order valence-electron chi connectivity index (χ3n) is 2.87. The minimum atomic E-state index is -0.467. The van der Waals surface area contributed by atoms with Gasteiger partial charge in [0.05, 0.1) is 0 Å². The van der Waals surface area contributed by atoms with Gasteiger partial charge >= 0.3 is 12.2 Å². The van der Waals surface area contributed by atoms with E-state index in [0.29, 0.717) is 18.9 Å². The van der Waals surface area contributed by atoms with Crippen molar-refractivity contribution >= 4 is 6.09 Å². The summed E-state index contributed by atoms with van der Waals surface area (Å²) in [4.78, 5) is 17.6. The maximum absolute atomic E-state index is 11.9. The monoisotopic (exact) mass is 283 g/mol. The summed E-state index contributed by atoms with van der Waals surface area (Å²) in [7, 11) is 0. The van der Waals surface area contributed by atoms with E-state index in [1.165, 1.54) is 0 Å². The molecule has 1 aliphatic rings. The molecule has 20 heavy (non-hydrogen) atoms. The van der Waals surface area contributed by atoms with Crippen molar-refractivity contribution in [1.82, 2.24) is 15.0 Å². The van der Waals surface area contributed by atoms with Gasteiger partial charge in [-0.2, -0.15) is 4.98 Å². The summed E-state index contributed by atoms with van der Waals surface area (Å²) in [6.45, 7) is 8.52. The van der Waals surface area contributed by atoms with Gasteiger partial charge in [-0.05, 0) is 27.7 Å². The molecular formula is C13H21N3O4. The van der Waals surface area contributed by atoms with E-state index in [4.69, 9.17) is 14.0 Å². The highest BCUT2D eigenvalue weighted by Crippen LogP contribution is 2.19. The Morgan fingerprint density at radius 3 is 2.50 bits per heavy atom. The highest BCUT2D eigenvalue weighted by atomic mass is 16.6. The van der Waals surface area contributed by atoms with Crippen molar-refractivity contribution in [2.75, 3.05) is 13.1 Å². The molecule has 1 aromatic rings. The van der Waals surface area contributed by atoms with E-state index in [9.17, 15) is 4.79 Å². The van der Waals surface area contributed by atoms with Gasteiger partial charge in [0.1, 0.15) is 11.7 Å². The van der Waals surface area contributed by atoms with Crippen LogP contribution in [0.4, 0.5) is 4.79 Å². The number of hydrogen-bond donors (Lipinski definition) is 0. The van der Waals surface area contributed by atoms with E-state index in [0.717, 1.165) is 12.8 Å². The molecule has 7 heteroatoms. The lowest BCUT2D eigenvalue weighted by Crippen LogP contribution is -2.44. The maximum atomic E-state index is 11.9. The second-order valence-electron chi connectivity index (χ2n) is 5.89. The lowest BCUT2D eigenvalue weighted by molar-refractivity contribution is 0.00925. The van der Waals surface area contributed by atoms with Crippen molar-refractivity contribution in [3.63, 3.8) is 0 Å². The van der Waals surface area contributed by atoms with Gasteiger partial charge in [0.15, 0.2) is 5.82 Å². The molecule has 1 saturated heterocycles. The fourth-order valence-electron chi connectivity index (χ4n) is 1.95. The molecular weight excluding hydrogens is 262 g/mol. The fraction of sp³-hybridized carbons (Fsp3) is 0.769. The Balaban J connectivity index is 1.79. The summed E-state index contributed by atoms with van der Waals surface area (Å²) in [5.41, 5.74) is -0.467. The van der Waals surface area contributed by atoms with E-state index >= 15 is 0 Å². The van der Waals surface area contributed by atoms with Gasteiger partial charge in [0.25, 0.3) is 0 Å². The number of nitrogens with zero attached hydrogens (tertiary/aromatic N) is 3. The third kappa shape index (κ3) is 4.11. The van der Waals surface area contributed by atoms with Crippen molar-refractivity contribution < 1.29 is 18.8 Å². The van der Waals surface area contributed by atoms with Crippen LogP contribution in [0.1, 0.15) is 39.4 Å². The molecule has 0 radical (unpaired) electrons. The molecule has 1 amide bonds. The molecule has 1 aliphatic heterocycles. The van der Waals surface area contributed by atoms with Crippen LogP contribution in [0.25, 0.3) is 0 Å². The number of aromatic nitrogens is 2. The number of piperidine rings is 1. The predicted molar refractivity (Wildman–Crippen MR) is 70.5 cm³/mol. The smallest absolute Gasteiger partial charge is 0.417 e. The number of likely N-dealkylation sites (tertiary alicyclic amines) is 1. The van der Waals surface area contributed by atoms with Crippen LogP contribution in [0, 0.1) is 6.92 Å². The van der Waals surface area contributed by atoms with Gasteiger partial charge in [-0.3, -0.25) is 4.52 Å². The Hall–Kier alpha value is -1.79. The van der Waals surface area contributed by atoms with E-state index in [2.05, 4.69) is 10.1 Å². The fourth-order valence-corrected chi connectivity index (χ4v) is 1.95. The lowest BCUT2D eigenvalue weighted by Gasteiger charge is -2.32. The normalized spacial score (nSPS) is 17.1. The van der Waals surface area contributed by atoms with Gasteiger partial charge in [0.2, 0.25) is 0 Å². The zero-order valence-corrected chi connectivity index (χ0v) is 12.4. The van der Waals surface area contributed by atoms with Crippen LogP contribution in [0.15, 0.2) is 4.52 Å². The molecule has 0 unspecified atom stereocenters. The van der Waals surface area contributed by atoms with Gasteiger partial charge in [-0.15, -0.1) is 0 Å². The summed E-state index contributed by atoms with van der Waals surface area (Å²) < 4.78 is 15.8. The summed E-state index contributed by atoms with van der Waals surface area (Å²) in [5.74, 6) is 0.547. The predicted octanol–water partition coefficient (Wildman–Crippen LogP) is 2.16. The van der Waals surface area contributed by atoms with Crippen LogP contribution >= 0.6 is 0 Å².